The molecule has 0 aliphatic carbocycles. The molecular weight excluding hydrogens is 251 g/mol. The first kappa shape index (κ1) is 14.0. The largest absolute Gasteiger partial charge is 0.396 e. The van der Waals surface area contributed by atoms with Crippen LogP contribution in [0.4, 0.5) is 3.89 Å². The molecular formula is C10H13FO5S. The van der Waals surface area contributed by atoms with Crippen LogP contribution < -0.4 is 0 Å². The molecule has 7 heteroatoms. The zero-order chi connectivity index (χ0) is 13.1. The predicted octanol–water partition coefficient (Wildman–Crippen LogP) is 0.122. The molecule has 2 atom stereocenters. The van der Waals surface area contributed by atoms with Crippen molar-refractivity contribution >= 4 is 10.2 Å². The van der Waals surface area contributed by atoms with E-state index in [1.54, 1.807) is 0 Å². The zero-order valence-electron chi connectivity index (χ0n) is 8.82. The van der Waals surface area contributed by atoms with E-state index in [1.807, 2.05) is 0 Å². The van der Waals surface area contributed by atoms with Crippen LogP contribution in [0.25, 0.3) is 0 Å². The molecule has 0 heterocycles. The second kappa shape index (κ2) is 5.54. The normalized spacial score (nSPS) is 15.5. The summed E-state index contributed by atoms with van der Waals surface area (Å²) in [6.07, 6.45) is -2.42. The van der Waals surface area contributed by atoms with Crippen molar-refractivity contribution in [2.75, 3.05) is 6.61 Å². The molecule has 1 rings (SSSR count). The van der Waals surface area contributed by atoms with Crippen LogP contribution in [-0.4, -0.2) is 36.4 Å². The summed E-state index contributed by atoms with van der Waals surface area (Å²) in [5, 5.41) is 27.6. The number of rotatable bonds is 5. The third-order valence-corrected chi connectivity index (χ3v) is 3.13. The third kappa shape index (κ3) is 3.74. The first-order chi connectivity index (χ1) is 7.86. The standard InChI is InChI=1S/C10H13FO5S/c11-17(15,16)8-3-1-7(2-4-8)10(14)9(13)5-6-12/h1-4,9-10,12-14H,5-6H2. The Morgan fingerprint density at radius 2 is 1.71 bits per heavy atom. The smallest absolute Gasteiger partial charge is 0.332 e. The van der Waals surface area contributed by atoms with Crippen molar-refractivity contribution in [2.24, 2.45) is 0 Å². The minimum Gasteiger partial charge on any atom is -0.396 e. The van der Waals surface area contributed by atoms with E-state index < -0.39 is 27.3 Å². The van der Waals surface area contributed by atoms with Gasteiger partial charge in [0.15, 0.2) is 0 Å². The molecule has 0 saturated heterocycles. The lowest BCUT2D eigenvalue weighted by atomic mass is 10.0. The molecule has 0 aliphatic rings. The Labute approximate surface area is 98.4 Å². The molecule has 1 aromatic carbocycles. The molecule has 0 saturated carbocycles. The van der Waals surface area contributed by atoms with Crippen LogP contribution in [0.15, 0.2) is 29.2 Å². The van der Waals surface area contributed by atoms with Crippen LogP contribution >= 0.6 is 0 Å². The topological polar surface area (TPSA) is 94.8 Å². The Morgan fingerprint density at radius 3 is 2.12 bits per heavy atom. The lowest BCUT2D eigenvalue weighted by Gasteiger charge is -2.17. The van der Waals surface area contributed by atoms with Crippen molar-refractivity contribution in [1.82, 2.24) is 0 Å². The van der Waals surface area contributed by atoms with Gasteiger partial charge in [-0.1, -0.05) is 12.1 Å². The summed E-state index contributed by atoms with van der Waals surface area (Å²) in [5.41, 5.74) is 0.248. The fourth-order valence-corrected chi connectivity index (χ4v) is 1.80. The van der Waals surface area contributed by atoms with Crippen molar-refractivity contribution in [3.8, 4) is 0 Å². The van der Waals surface area contributed by atoms with Crippen molar-refractivity contribution in [1.29, 1.82) is 0 Å². The average molecular weight is 264 g/mol. The minimum atomic E-state index is -4.76. The van der Waals surface area contributed by atoms with Crippen LogP contribution in [0, 0.1) is 0 Å². The summed E-state index contributed by atoms with van der Waals surface area (Å²) in [7, 11) is -4.76. The third-order valence-electron chi connectivity index (χ3n) is 2.29. The van der Waals surface area contributed by atoms with Crippen LogP contribution in [0.5, 0.6) is 0 Å². The second-order valence-corrected chi connectivity index (χ2v) is 4.88. The summed E-state index contributed by atoms with van der Waals surface area (Å²) in [6.45, 7) is -0.283. The van der Waals surface area contributed by atoms with Crippen molar-refractivity contribution < 1.29 is 27.6 Å². The van der Waals surface area contributed by atoms with E-state index >= 15 is 0 Å². The number of benzene rings is 1. The van der Waals surface area contributed by atoms with Gasteiger partial charge in [0, 0.05) is 6.61 Å². The van der Waals surface area contributed by atoms with Gasteiger partial charge in [-0.25, -0.2) is 0 Å². The molecule has 5 nitrogen and oxygen atoms in total. The molecule has 0 aromatic heterocycles. The van der Waals surface area contributed by atoms with Crippen LogP contribution in [0.2, 0.25) is 0 Å². The van der Waals surface area contributed by atoms with Gasteiger partial charge in [-0.3, -0.25) is 0 Å². The number of hydrogen-bond donors (Lipinski definition) is 3. The van der Waals surface area contributed by atoms with E-state index in [0.717, 1.165) is 12.1 Å². The lowest BCUT2D eigenvalue weighted by molar-refractivity contribution is 0.00419. The Bertz CT molecular complexity index is 456. The van der Waals surface area contributed by atoms with Gasteiger partial charge < -0.3 is 15.3 Å². The molecule has 17 heavy (non-hydrogen) atoms. The highest BCUT2D eigenvalue weighted by molar-refractivity contribution is 7.86. The molecule has 0 amide bonds. The molecule has 0 radical (unpaired) electrons. The fraction of sp³-hybridized carbons (Fsp3) is 0.400. The Hall–Kier alpha value is -1.02. The zero-order valence-corrected chi connectivity index (χ0v) is 9.64. The highest BCUT2D eigenvalue weighted by Gasteiger charge is 2.19. The van der Waals surface area contributed by atoms with Gasteiger partial charge in [-0.05, 0) is 24.1 Å². The molecule has 0 aliphatic heterocycles. The minimum absolute atomic E-state index is 0.00960. The van der Waals surface area contributed by atoms with E-state index in [0.29, 0.717) is 0 Å². The first-order valence-electron chi connectivity index (χ1n) is 4.88. The van der Waals surface area contributed by atoms with E-state index in [4.69, 9.17) is 5.11 Å². The number of aliphatic hydroxyl groups excluding tert-OH is 3. The maximum absolute atomic E-state index is 12.6. The summed E-state index contributed by atoms with van der Waals surface area (Å²) in [6, 6.07) is 4.41. The fourth-order valence-electron chi connectivity index (χ4n) is 1.34. The maximum Gasteiger partial charge on any atom is 0.332 e. The van der Waals surface area contributed by atoms with Gasteiger partial charge in [-0.15, -0.1) is 3.89 Å². The van der Waals surface area contributed by atoms with E-state index in [-0.39, 0.29) is 18.6 Å². The Balaban J connectivity index is 2.88. The SMILES string of the molecule is O=S(=O)(F)c1ccc(C(O)C(O)CCO)cc1. The summed E-state index contributed by atoms with van der Waals surface area (Å²) >= 11 is 0. The summed E-state index contributed by atoms with van der Waals surface area (Å²) < 4.78 is 33.6. The van der Waals surface area contributed by atoms with E-state index in [9.17, 15) is 22.5 Å². The maximum atomic E-state index is 12.6. The number of aliphatic hydroxyl groups is 3. The molecule has 2 unspecified atom stereocenters. The van der Waals surface area contributed by atoms with Crippen molar-refractivity contribution in [2.45, 2.75) is 23.5 Å². The van der Waals surface area contributed by atoms with Crippen LogP contribution in [0.3, 0.4) is 0 Å². The molecule has 0 fully saturated rings. The summed E-state index contributed by atoms with van der Waals surface area (Å²) in [5.74, 6) is 0. The first-order valence-corrected chi connectivity index (χ1v) is 6.26. The highest BCUT2D eigenvalue weighted by atomic mass is 32.3. The Morgan fingerprint density at radius 1 is 1.18 bits per heavy atom. The molecule has 96 valence electrons. The molecule has 3 N–H and O–H groups in total. The van der Waals surface area contributed by atoms with E-state index in [1.165, 1.54) is 12.1 Å². The van der Waals surface area contributed by atoms with Gasteiger partial charge in [0.2, 0.25) is 0 Å². The lowest BCUT2D eigenvalue weighted by Crippen LogP contribution is -2.19. The van der Waals surface area contributed by atoms with Crippen LogP contribution in [-0.2, 0) is 10.2 Å². The van der Waals surface area contributed by atoms with Crippen LogP contribution in [0.1, 0.15) is 18.1 Å². The number of hydrogen-bond acceptors (Lipinski definition) is 5. The number of halogens is 1. The van der Waals surface area contributed by atoms with Gasteiger partial charge in [0.25, 0.3) is 0 Å². The van der Waals surface area contributed by atoms with Crippen molar-refractivity contribution in [3.63, 3.8) is 0 Å². The van der Waals surface area contributed by atoms with Crippen molar-refractivity contribution in [3.05, 3.63) is 29.8 Å². The monoisotopic (exact) mass is 264 g/mol. The molecule has 1 aromatic rings. The molecule has 0 bridgehead atoms. The Kier molecular flexibility index (Phi) is 4.58. The van der Waals surface area contributed by atoms with Gasteiger partial charge >= 0.3 is 10.2 Å². The van der Waals surface area contributed by atoms with Gasteiger partial charge in [-0.2, -0.15) is 8.42 Å². The van der Waals surface area contributed by atoms with Gasteiger partial charge in [0.05, 0.1) is 11.0 Å². The van der Waals surface area contributed by atoms with E-state index in [2.05, 4.69) is 0 Å². The quantitative estimate of drug-likeness (QED) is 0.657. The highest BCUT2D eigenvalue weighted by Crippen LogP contribution is 2.21. The predicted molar refractivity (Wildman–Crippen MR) is 57.4 cm³/mol. The summed E-state index contributed by atoms with van der Waals surface area (Å²) in [4.78, 5) is -0.509. The average Bonchev–Trinajstić information content (AvgIpc) is 2.27. The molecule has 0 spiro atoms. The van der Waals surface area contributed by atoms with Gasteiger partial charge in [0.1, 0.15) is 6.10 Å². The second-order valence-electron chi connectivity index (χ2n) is 3.53.